The van der Waals surface area contributed by atoms with Crippen molar-refractivity contribution < 1.29 is 14.3 Å². The lowest BCUT2D eigenvalue weighted by Crippen LogP contribution is -2.20. The molecule has 0 unspecified atom stereocenters. The van der Waals surface area contributed by atoms with Crippen LogP contribution in [0.3, 0.4) is 0 Å². The number of nitrogens with one attached hydrogen (secondary N) is 1. The molecule has 0 fully saturated rings. The molecule has 0 heterocycles. The second-order valence-corrected chi connectivity index (χ2v) is 8.47. The van der Waals surface area contributed by atoms with Gasteiger partial charge in [0, 0.05) is 0 Å². The predicted molar refractivity (Wildman–Crippen MR) is 121 cm³/mol. The second-order valence-electron chi connectivity index (χ2n) is 7.61. The van der Waals surface area contributed by atoms with E-state index in [-0.39, 0.29) is 17.7 Å². The summed E-state index contributed by atoms with van der Waals surface area (Å²) in [5.74, 6) is 1.13. The third-order valence-corrected chi connectivity index (χ3v) is 4.80. The Morgan fingerprint density at radius 3 is 2.34 bits per heavy atom. The van der Waals surface area contributed by atoms with E-state index in [0.717, 1.165) is 15.6 Å². The third kappa shape index (κ3) is 6.89. The molecule has 0 atom stereocenters. The van der Waals surface area contributed by atoms with E-state index in [4.69, 9.17) is 9.47 Å². The van der Waals surface area contributed by atoms with E-state index in [1.54, 1.807) is 6.21 Å². The van der Waals surface area contributed by atoms with E-state index in [1.807, 2.05) is 38.1 Å². The minimum atomic E-state index is -0.167. The van der Waals surface area contributed by atoms with E-state index < -0.39 is 0 Å². The smallest absolute Gasteiger partial charge is 0.244 e. The summed E-state index contributed by atoms with van der Waals surface area (Å²) in [5.41, 5.74) is 5.66. The zero-order chi connectivity index (χ0) is 21.4. The Labute approximate surface area is 181 Å². The van der Waals surface area contributed by atoms with Crippen LogP contribution in [0.15, 0.2) is 46.0 Å². The summed E-state index contributed by atoms with van der Waals surface area (Å²) < 4.78 is 12.0. The number of ether oxygens (including phenoxy) is 2. The highest BCUT2D eigenvalue weighted by Crippen LogP contribution is 2.36. The normalized spacial score (nSPS) is 11.5. The largest absolute Gasteiger partial charge is 0.490 e. The number of hydrogen-bond donors (Lipinski definition) is 1. The molecule has 5 nitrogen and oxygen atoms in total. The number of carbonyl (C=O) groups is 1. The molecule has 0 radical (unpaired) electrons. The molecular formula is C23H29BrN2O3. The molecule has 29 heavy (non-hydrogen) atoms. The molecule has 156 valence electrons. The van der Waals surface area contributed by atoms with Crippen molar-refractivity contribution in [3.8, 4) is 11.5 Å². The van der Waals surface area contributed by atoms with Gasteiger partial charge in [0.05, 0.1) is 30.3 Å². The van der Waals surface area contributed by atoms with Crippen LogP contribution in [0.5, 0.6) is 11.5 Å². The minimum absolute atomic E-state index is 0.0947. The van der Waals surface area contributed by atoms with Gasteiger partial charge in [0.1, 0.15) is 0 Å². The lowest BCUT2D eigenvalue weighted by Gasteiger charge is -2.19. The van der Waals surface area contributed by atoms with Gasteiger partial charge in [-0.2, -0.15) is 5.10 Å². The molecule has 0 spiro atoms. The average molecular weight is 461 g/mol. The topological polar surface area (TPSA) is 59.9 Å². The van der Waals surface area contributed by atoms with Crippen LogP contribution < -0.4 is 14.9 Å². The number of benzene rings is 2. The lowest BCUT2D eigenvalue weighted by molar-refractivity contribution is -0.120. The van der Waals surface area contributed by atoms with Crippen LogP contribution in [-0.4, -0.2) is 25.3 Å². The van der Waals surface area contributed by atoms with Gasteiger partial charge in [-0.25, -0.2) is 5.43 Å². The van der Waals surface area contributed by atoms with E-state index in [1.165, 1.54) is 5.56 Å². The Kier molecular flexibility index (Phi) is 8.26. The fourth-order valence-corrected chi connectivity index (χ4v) is 3.31. The van der Waals surface area contributed by atoms with Gasteiger partial charge in [-0.3, -0.25) is 4.79 Å². The number of rotatable bonds is 8. The van der Waals surface area contributed by atoms with Gasteiger partial charge in [-0.05, 0) is 64.0 Å². The molecule has 0 saturated carbocycles. The zero-order valence-corrected chi connectivity index (χ0v) is 19.3. The standard InChI is InChI=1S/C23H29BrN2O3/c1-6-28-20-13-17(12-19(24)22(20)29-7-2)15-25-26-21(27)14-16-8-10-18(11-9-16)23(3,4)5/h8-13,15H,6-7,14H2,1-5H3,(H,26,27)/b25-15-. The SMILES string of the molecule is CCOc1cc(/C=N\NC(=O)Cc2ccc(C(C)(C)C)cc2)cc(Br)c1OCC. The van der Waals surface area contributed by atoms with E-state index in [9.17, 15) is 4.79 Å². The van der Waals surface area contributed by atoms with Crippen LogP contribution in [0.4, 0.5) is 0 Å². The van der Waals surface area contributed by atoms with Crippen molar-refractivity contribution in [2.75, 3.05) is 13.2 Å². The maximum absolute atomic E-state index is 12.2. The van der Waals surface area contributed by atoms with Gasteiger partial charge >= 0.3 is 0 Å². The molecule has 0 saturated heterocycles. The Morgan fingerprint density at radius 1 is 1.10 bits per heavy atom. The Bertz CT molecular complexity index is 856. The van der Waals surface area contributed by atoms with Crippen molar-refractivity contribution in [1.29, 1.82) is 0 Å². The quantitative estimate of drug-likeness (QED) is 0.432. The molecule has 2 rings (SSSR count). The molecule has 6 heteroatoms. The second kappa shape index (κ2) is 10.4. The fraction of sp³-hybridized carbons (Fsp3) is 0.391. The molecule has 0 aromatic heterocycles. The maximum atomic E-state index is 12.2. The lowest BCUT2D eigenvalue weighted by atomic mass is 9.86. The predicted octanol–water partition coefficient (Wildman–Crippen LogP) is 5.24. The monoisotopic (exact) mass is 460 g/mol. The Balaban J connectivity index is 2.01. The number of amides is 1. The van der Waals surface area contributed by atoms with Crippen LogP contribution in [-0.2, 0) is 16.6 Å². The summed E-state index contributed by atoms with van der Waals surface area (Å²) in [6.07, 6.45) is 1.86. The van der Waals surface area contributed by atoms with Gasteiger partial charge < -0.3 is 9.47 Å². The number of hydrazone groups is 1. The van der Waals surface area contributed by atoms with Crippen molar-refractivity contribution in [1.82, 2.24) is 5.43 Å². The summed E-state index contributed by atoms with van der Waals surface area (Å²) in [6, 6.07) is 11.8. The highest BCUT2D eigenvalue weighted by atomic mass is 79.9. The van der Waals surface area contributed by atoms with E-state index in [2.05, 4.69) is 59.4 Å². The number of carbonyl (C=O) groups excluding carboxylic acids is 1. The summed E-state index contributed by atoms with van der Waals surface area (Å²) in [6.45, 7) is 11.4. The van der Waals surface area contributed by atoms with Crippen molar-refractivity contribution in [2.24, 2.45) is 5.10 Å². The van der Waals surface area contributed by atoms with Gasteiger partial charge in [-0.1, -0.05) is 45.0 Å². The summed E-state index contributed by atoms with van der Waals surface area (Å²) in [5, 5.41) is 4.07. The molecule has 1 amide bonds. The minimum Gasteiger partial charge on any atom is -0.490 e. The maximum Gasteiger partial charge on any atom is 0.244 e. The summed E-state index contributed by atoms with van der Waals surface area (Å²) in [4.78, 5) is 12.2. The third-order valence-electron chi connectivity index (χ3n) is 4.21. The number of halogens is 1. The van der Waals surface area contributed by atoms with Gasteiger partial charge in [0.15, 0.2) is 11.5 Å². The highest BCUT2D eigenvalue weighted by molar-refractivity contribution is 9.10. The van der Waals surface area contributed by atoms with Crippen molar-refractivity contribution in [3.05, 3.63) is 57.6 Å². The first-order chi connectivity index (χ1) is 13.7. The molecule has 0 aliphatic rings. The van der Waals surface area contributed by atoms with Gasteiger partial charge in [0.25, 0.3) is 0 Å². The first-order valence-electron chi connectivity index (χ1n) is 9.75. The van der Waals surface area contributed by atoms with Crippen molar-refractivity contribution >= 4 is 28.1 Å². The van der Waals surface area contributed by atoms with Crippen molar-refractivity contribution in [2.45, 2.75) is 46.5 Å². The molecule has 0 aliphatic heterocycles. The van der Waals surface area contributed by atoms with Crippen LogP contribution in [0.25, 0.3) is 0 Å². The average Bonchev–Trinajstić information content (AvgIpc) is 2.64. The molecule has 2 aromatic rings. The van der Waals surface area contributed by atoms with Crippen LogP contribution >= 0.6 is 15.9 Å². The van der Waals surface area contributed by atoms with E-state index >= 15 is 0 Å². The Hall–Kier alpha value is -2.34. The van der Waals surface area contributed by atoms with Crippen LogP contribution in [0.2, 0.25) is 0 Å². The van der Waals surface area contributed by atoms with Gasteiger partial charge in [0.2, 0.25) is 5.91 Å². The molecular weight excluding hydrogens is 432 g/mol. The fourth-order valence-electron chi connectivity index (χ4n) is 2.74. The van der Waals surface area contributed by atoms with Crippen molar-refractivity contribution in [3.63, 3.8) is 0 Å². The number of nitrogens with zero attached hydrogens (tertiary/aromatic N) is 1. The molecule has 1 N–H and O–H groups in total. The first-order valence-corrected chi connectivity index (χ1v) is 10.5. The number of hydrogen-bond acceptors (Lipinski definition) is 4. The first kappa shape index (κ1) is 22.9. The molecule has 0 aliphatic carbocycles. The zero-order valence-electron chi connectivity index (χ0n) is 17.7. The summed E-state index contributed by atoms with van der Waals surface area (Å²) >= 11 is 3.50. The Morgan fingerprint density at radius 2 is 1.76 bits per heavy atom. The van der Waals surface area contributed by atoms with E-state index in [0.29, 0.717) is 24.7 Å². The van der Waals surface area contributed by atoms with Crippen LogP contribution in [0.1, 0.15) is 51.3 Å². The highest BCUT2D eigenvalue weighted by Gasteiger charge is 2.13. The summed E-state index contributed by atoms with van der Waals surface area (Å²) in [7, 11) is 0. The molecule has 2 aromatic carbocycles. The van der Waals surface area contributed by atoms with Crippen LogP contribution in [0, 0.1) is 0 Å². The molecule has 0 bridgehead atoms. The van der Waals surface area contributed by atoms with Gasteiger partial charge in [-0.15, -0.1) is 0 Å².